The second-order valence-corrected chi connectivity index (χ2v) is 13.8. The van der Waals surface area contributed by atoms with E-state index in [9.17, 15) is 9.59 Å². The first-order chi connectivity index (χ1) is 11.4. The zero-order valence-electron chi connectivity index (χ0n) is 15.1. The van der Waals surface area contributed by atoms with Crippen LogP contribution in [0.15, 0.2) is 24.3 Å². The third kappa shape index (κ3) is 6.71. The van der Waals surface area contributed by atoms with E-state index in [2.05, 4.69) is 0 Å². The van der Waals surface area contributed by atoms with Gasteiger partial charge in [-0.15, -0.1) is 0 Å². The lowest BCUT2D eigenvalue weighted by atomic mass is 10.2. The monoisotopic (exact) mass is 493 g/mol. The first-order valence-corrected chi connectivity index (χ1v) is 11.5. The van der Waals surface area contributed by atoms with Gasteiger partial charge in [-0.3, -0.25) is 0 Å². The largest absolute Gasteiger partial charge is 0.456 e. The van der Waals surface area contributed by atoms with Crippen molar-refractivity contribution >= 4 is 34.6 Å². The van der Waals surface area contributed by atoms with Crippen LogP contribution in [0.4, 0.5) is 0 Å². The predicted octanol–water partition coefficient (Wildman–Crippen LogP) is 1.85. The van der Waals surface area contributed by atoms with Gasteiger partial charge in [0.25, 0.3) is 0 Å². The summed E-state index contributed by atoms with van der Waals surface area (Å²) in [6, 6.07) is 7.58. The molecule has 0 unspecified atom stereocenters. The number of hydrogen-bond acceptors (Lipinski definition) is 6. The van der Waals surface area contributed by atoms with E-state index in [1.807, 2.05) is 65.8 Å². The van der Waals surface area contributed by atoms with Crippen molar-refractivity contribution in [1.29, 1.82) is 0 Å². The van der Waals surface area contributed by atoms with E-state index in [-0.39, 0.29) is 11.9 Å². The Hall–Kier alpha value is -0.930. The van der Waals surface area contributed by atoms with Gasteiger partial charge in [0.1, 0.15) is 21.0 Å². The van der Waals surface area contributed by atoms with E-state index in [1.165, 1.54) is 22.7 Å². The highest BCUT2D eigenvalue weighted by molar-refractivity contribution is 7.12. The van der Waals surface area contributed by atoms with Gasteiger partial charge in [0.15, 0.2) is 0 Å². The number of carbonyl (C=O) groups excluding carboxylic acids is 2. The fourth-order valence-electron chi connectivity index (χ4n) is 1.70. The maximum atomic E-state index is 12.1. The molecule has 2 aromatic heterocycles. The number of esters is 2. The molecule has 2 aromatic rings. The van der Waals surface area contributed by atoms with Crippen molar-refractivity contribution in [2.24, 2.45) is 0 Å². The lowest BCUT2D eigenvalue weighted by molar-refractivity contribution is -0.585. The first-order valence-electron chi connectivity index (χ1n) is 7.74. The van der Waals surface area contributed by atoms with E-state index < -0.39 is 32.4 Å². The van der Waals surface area contributed by atoms with Gasteiger partial charge in [0.05, 0.1) is 0 Å². The molecule has 7 heteroatoms. The third-order valence-electron chi connectivity index (χ3n) is 2.53. The zero-order chi connectivity index (χ0) is 18.8. The number of thiophene rings is 2. The highest BCUT2D eigenvalue weighted by Gasteiger charge is 2.27. The zero-order valence-corrected chi connectivity index (χ0v) is 18.9. The Morgan fingerprint density at radius 3 is 1.44 bits per heavy atom. The number of rotatable bonds is 4. The minimum absolute atomic E-state index is 0.284. The summed E-state index contributed by atoms with van der Waals surface area (Å²) in [7, 11) is 0. The van der Waals surface area contributed by atoms with Gasteiger partial charge in [-0.2, -0.15) is 0 Å². The molecule has 0 atom stereocenters. The summed E-state index contributed by atoms with van der Waals surface area (Å²) in [6.45, 7) is 11.1. The van der Waals surface area contributed by atoms with Crippen LogP contribution in [-0.4, -0.2) is 23.1 Å². The Balaban J connectivity index is 2.02. The minimum Gasteiger partial charge on any atom is -0.456 e. The summed E-state index contributed by atoms with van der Waals surface area (Å²) in [5.74, 6) is -0.568. The molecule has 0 saturated carbocycles. The molecule has 0 aliphatic carbocycles. The number of carbonyl (C=O) groups is 2. The molecule has 2 heterocycles. The molecule has 0 radical (unpaired) electrons. The smallest absolute Gasteiger partial charge is 0.381 e. The van der Waals surface area contributed by atoms with Gasteiger partial charge in [0, 0.05) is 12.1 Å². The third-order valence-corrected chi connectivity index (χ3v) is 8.38. The highest BCUT2D eigenvalue weighted by Crippen LogP contribution is 2.17. The van der Waals surface area contributed by atoms with Gasteiger partial charge in [-0.25, -0.2) is 9.59 Å². The van der Waals surface area contributed by atoms with Crippen LogP contribution in [0.3, 0.4) is 0 Å². The van der Waals surface area contributed by atoms with Crippen LogP contribution in [0, 0.1) is 5.77 Å². The molecular formula is C18H22IO4S2+. The Morgan fingerprint density at radius 2 is 1.12 bits per heavy atom. The van der Waals surface area contributed by atoms with E-state index in [1.54, 1.807) is 0 Å². The van der Waals surface area contributed by atoms with Crippen molar-refractivity contribution in [3.05, 3.63) is 39.8 Å². The molecule has 0 amide bonds. The molecule has 0 aliphatic rings. The summed E-state index contributed by atoms with van der Waals surface area (Å²) in [4.78, 5) is 25.4. The van der Waals surface area contributed by atoms with Crippen molar-refractivity contribution in [3.8, 4) is 0 Å². The van der Waals surface area contributed by atoms with E-state index in [0.717, 1.165) is 5.77 Å². The molecule has 136 valence electrons. The van der Waals surface area contributed by atoms with Crippen molar-refractivity contribution in [1.82, 2.24) is 0 Å². The molecule has 0 aliphatic heterocycles. The summed E-state index contributed by atoms with van der Waals surface area (Å²) < 4.78 is 13.1. The van der Waals surface area contributed by atoms with Gasteiger partial charge in [0.2, 0.25) is 5.77 Å². The van der Waals surface area contributed by atoms with Crippen LogP contribution in [0.25, 0.3) is 0 Å². The van der Waals surface area contributed by atoms with Crippen LogP contribution in [0.5, 0.6) is 0 Å². The van der Waals surface area contributed by atoms with Crippen LogP contribution in [-0.2, 0) is 9.47 Å². The Morgan fingerprint density at radius 1 is 0.760 bits per heavy atom. The maximum absolute atomic E-state index is 12.1. The molecule has 0 aromatic carbocycles. The average molecular weight is 493 g/mol. The van der Waals surface area contributed by atoms with Crippen LogP contribution >= 0.6 is 22.7 Å². The van der Waals surface area contributed by atoms with Gasteiger partial charge in [-0.1, -0.05) is 22.7 Å². The van der Waals surface area contributed by atoms with Crippen LogP contribution in [0.2, 0.25) is 0 Å². The predicted molar refractivity (Wildman–Crippen MR) is 96.4 cm³/mol. The van der Waals surface area contributed by atoms with Crippen molar-refractivity contribution in [2.45, 2.75) is 52.7 Å². The molecule has 4 nitrogen and oxygen atoms in total. The molecular weight excluding hydrogens is 471 g/mol. The van der Waals surface area contributed by atoms with Crippen molar-refractivity contribution in [3.63, 3.8) is 0 Å². The van der Waals surface area contributed by atoms with E-state index in [0.29, 0.717) is 9.75 Å². The Kier molecular flexibility index (Phi) is 6.32. The van der Waals surface area contributed by atoms with Gasteiger partial charge >= 0.3 is 33.1 Å². The SMILES string of the molecule is CC(C)(C)OC(=O)c1ccc([I+]c2ccc(C(=O)OC(C)(C)C)s2)s1. The Labute approximate surface area is 166 Å². The summed E-state index contributed by atoms with van der Waals surface area (Å²) >= 11 is 2.51. The van der Waals surface area contributed by atoms with Gasteiger partial charge < -0.3 is 9.47 Å². The number of ether oxygens (including phenoxy) is 2. The number of halogens is 1. The quantitative estimate of drug-likeness (QED) is 0.482. The maximum Gasteiger partial charge on any atom is 0.381 e. The molecule has 0 saturated heterocycles. The van der Waals surface area contributed by atoms with Crippen molar-refractivity contribution < 1.29 is 40.3 Å². The van der Waals surface area contributed by atoms with Crippen LogP contribution < -0.4 is 21.2 Å². The number of hydrogen-bond donors (Lipinski definition) is 0. The van der Waals surface area contributed by atoms with Crippen LogP contribution in [0.1, 0.15) is 60.9 Å². The van der Waals surface area contributed by atoms with E-state index >= 15 is 0 Å². The lowest BCUT2D eigenvalue weighted by Gasteiger charge is -2.18. The molecule has 0 spiro atoms. The lowest BCUT2D eigenvalue weighted by Crippen LogP contribution is -3.61. The highest BCUT2D eigenvalue weighted by atomic mass is 127. The fraction of sp³-hybridized carbons (Fsp3) is 0.444. The summed E-state index contributed by atoms with van der Waals surface area (Å²) in [5, 5.41) is 0. The van der Waals surface area contributed by atoms with E-state index in [4.69, 9.17) is 9.47 Å². The topological polar surface area (TPSA) is 52.6 Å². The molecule has 0 bridgehead atoms. The molecule has 0 N–H and O–H groups in total. The second-order valence-electron chi connectivity index (χ2n) is 7.31. The van der Waals surface area contributed by atoms with Gasteiger partial charge in [-0.05, 0) is 53.7 Å². The molecule has 2 rings (SSSR count). The summed E-state index contributed by atoms with van der Waals surface area (Å²) in [6.07, 6.45) is 0. The first kappa shape index (κ1) is 20.4. The molecule has 0 fully saturated rings. The van der Waals surface area contributed by atoms with Crippen molar-refractivity contribution in [2.75, 3.05) is 0 Å². The standard InChI is InChI=1S/C18H22IO4S2/c1-17(2,3)22-15(20)11-7-9-13(24-11)19-14-10-8-12(25-14)16(21)23-18(4,5)6/h7-10H,1-6H3/q+1. The molecule has 25 heavy (non-hydrogen) atoms. The normalized spacial score (nSPS) is 12.1. The Bertz CT molecular complexity index is 698. The fourth-order valence-corrected chi connectivity index (χ4v) is 7.76. The second kappa shape index (κ2) is 7.75. The summed E-state index contributed by atoms with van der Waals surface area (Å²) in [5.41, 5.74) is -0.987. The minimum atomic E-state index is -0.494. The average Bonchev–Trinajstić information content (AvgIpc) is 3.04.